The summed E-state index contributed by atoms with van der Waals surface area (Å²) < 4.78 is 0. The fourth-order valence-corrected chi connectivity index (χ4v) is 7.70. The normalized spacial score (nSPS) is 44.2. The van der Waals surface area contributed by atoms with Gasteiger partial charge in [-0.25, -0.2) is 20.0 Å². The van der Waals surface area contributed by atoms with Gasteiger partial charge in [-0.1, -0.05) is 91.1 Å². The highest BCUT2D eigenvalue weighted by Crippen LogP contribution is 2.39. The average molecular weight is 529 g/mol. The lowest BCUT2D eigenvalue weighted by Gasteiger charge is -2.26. The Morgan fingerprint density at radius 1 is 0.600 bits per heavy atom. The van der Waals surface area contributed by atoms with Gasteiger partial charge in [0.25, 0.3) is 0 Å². The largest absolute Gasteiger partial charge is 0.357 e. The lowest BCUT2D eigenvalue weighted by atomic mass is 9.85. The fraction of sp³-hybridized carbons (Fsp3) is 0.375. The Bertz CT molecular complexity index is 1510. The molecule has 0 spiro atoms. The quantitative estimate of drug-likeness (QED) is 0.389. The summed E-state index contributed by atoms with van der Waals surface area (Å²) in [5.74, 6) is 5.37. The van der Waals surface area contributed by atoms with Gasteiger partial charge in [0.05, 0.1) is 6.17 Å². The molecule has 8 heteroatoms. The topological polar surface area (TPSA) is 97.6 Å². The molecule has 0 aromatic heterocycles. The van der Waals surface area contributed by atoms with E-state index < -0.39 is 0 Å². The van der Waals surface area contributed by atoms with E-state index in [1.807, 2.05) is 0 Å². The van der Waals surface area contributed by atoms with Crippen LogP contribution in [0.4, 0.5) is 0 Å². The first-order chi connectivity index (χ1) is 19.8. The van der Waals surface area contributed by atoms with E-state index in [1.54, 1.807) is 0 Å². The first-order valence-electron chi connectivity index (χ1n) is 14.6. The molecule has 0 saturated carbocycles. The third kappa shape index (κ3) is 3.41. The van der Waals surface area contributed by atoms with E-state index in [2.05, 4.69) is 112 Å². The molecule has 5 heterocycles. The van der Waals surface area contributed by atoms with E-state index in [0.717, 1.165) is 29.8 Å². The molecule has 8 nitrogen and oxygen atoms in total. The lowest BCUT2D eigenvalue weighted by molar-refractivity contribution is 0.377. The minimum atomic E-state index is -0.185. The summed E-state index contributed by atoms with van der Waals surface area (Å²) in [6.45, 7) is 0. The summed E-state index contributed by atoms with van der Waals surface area (Å²) >= 11 is 0. The first-order valence-corrected chi connectivity index (χ1v) is 14.6. The number of hydrogen-bond donors (Lipinski definition) is 4. The molecule has 5 aliphatic heterocycles. The lowest BCUT2D eigenvalue weighted by Crippen LogP contribution is -2.47. The maximum atomic E-state index is 5.31. The van der Waals surface area contributed by atoms with Crippen LogP contribution in [0, 0.1) is 41.4 Å². The summed E-state index contributed by atoms with van der Waals surface area (Å²) in [5.41, 5.74) is 1.31. The number of nitrogens with one attached hydrogen (secondary N) is 4. The van der Waals surface area contributed by atoms with Crippen LogP contribution in [0.25, 0.3) is 0 Å². The molecule has 8 bridgehead atoms. The van der Waals surface area contributed by atoms with Crippen molar-refractivity contribution in [1.29, 1.82) is 0 Å². The molecule has 4 N–H and O–H groups in total. The van der Waals surface area contributed by atoms with Crippen LogP contribution in [-0.4, -0.2) is 48.0 Å². The number of nitrogens with zero attached hydrogens (tertiary/aromatic N) is 4. The standard InChI is InChI=1S/C32H32N8/c1-2-10-18-17(9-1)25-33-26(18)38-28-21-13-5-6-14-22(21)30(35-28)40-32-24-16-8-7-15-23(24)31(36-32)39-29-20-12-4-3-11-19(20)27(34-29)37-25/h1-15,17-22,24-25,28-29,31,39H,16H2,(H,33,38)(H,34,37)(H,35,36,40). The average Bonchev–Trinajstić information content (AvgIpc) is 3.73. The van der Waals surface area contributed by atoms with Crippen molar-refractivity contribution in [3.63, 3.8) is 0 Å². The van der Waals surface area contributed by atoms with Crippen molar-refractivity contribution in [3.05, 3.63) is 96.7 Å². The Labute approximate surface area is 233 Å². The second kappa shape index (κ2) is 8.73. The van der Waals surface area contributed by atoms with Gasteiger partial charge in [0.15, 0.2) is 6.17 Å². The van der Waals surface area contributed by atoms with Gasteiger partial charge < -0.3 is 16.0 Å². The molecule has 11 atom stereocenters. The molecule has 0 amide bonds. The zero-order chi connectivity index (χ0) is 26.2. The number of amidine groups is 4. The number of fused-ring (bicyclic) bond motifs is 17. The summed E-state index contributed by atoms with van der Waals surface area (Å²) in [4.78, 5) is 21.0. The van der Waals surface area contributed by atoms with Crippen molar-refractivity contribution in [2.45, 2.75) is 31.1 Å². The summed E-state index contributed by atoms with van der Waals surface area (Å²) in [6, 6.07) is 0. The summed E-state index contributed by atoms with van der Waals surface area (Å²) in [5, 5.41) is 15.2. The third-order valence-electron chi connectivity index (χ3n) is 9.70. The predicted octanol–water partition coefficient (Wildman–Crippen LogP) is 2.89. The van der Waals surface area contributed by atoms with Gasteiger partial charge in [0.2, 0.25) is 0 Å². The molecule has 9 rings (SSSR count). The molecule has 200 valence electrons. The van der Waals surface area contributed by atoms with Crippen molar-refractivity contribution < 1.29 is 0 Å². The smallest absolute Gasteiger partial charge is 0.150 e. The van der Waals surface area contributed by atoms with Crippen LogP contribution in [0.15, 0.2) is 117 Å². The van der Waals surface area contributed by atoms with Crippen LogP contribution < -0.4 is 21.3 Å². The van der Waals surface area contributed by atoms with E-state index in [4.69, 9.17) is 20.0 Å². The number of aliphatic imine (C=N–C) groups is 4. The predicted molar refractivity (Wildman–Crippen MR) is 159 cm³/mol. The van der Waals surface area contributed by atoms with Gasteiger partial charge in [0, 0.05) is 41.4 Å². The van der Waals surface area contributed by atoms with Crippen molar-refractivity contribution in [2.75, 3.05) is 0 Å². The monoisotopic (exact) mass is 528 g/mol. The highest BCUT2D eigenvalue weighted by Gasteiger charge is 2.46. The molecule has 1 saturated heterocycles. The maximum Gasteiger partial charge on any atom is 0.150 e. The van der Waals surface area contributed by atoms with E-state index in [0.29, 0.717) is 0 Å². The summed E-state index contributed by atoms with van der Waals surface area (Å²) in [7, 11) is 0. The van der Waals surface area contributed by atoms with Gasteiger partial charge in [0.1, 0.15) is 35.7 Å². The van der Waals surface area contributed by atoms with Crippen LogP contribution in [-0.2, 0) is 0 Å². The molecular weight excluding hydrogens is 496 g/mol. The van der Waals surface area contributed by atoms with E-state index >= 15 is 0 Å². The van der Waals surface area contributed by atoms with Gasteiger partial charge in [-0.05, 0) is 12.0 Å². The second-order valence-corrected chi connectivity index (χ2v) is 11.9. The molecular formula is C32H32N8. The number of rotatable bonds is 0. The molecule has 0 aromatic rings. The SMILES string of the molecule is C1=CCC2C(=C1)C1N=C2NC2=NC(NC3=NC(N=C4NC(N1)C1C=CC=CC41)C1C=CC=CC31)C1C=CC=CC21. The highest BCUT2D eigenvalue weighted by atomic mass is 15.3. The van der Waals surface area contributed by atoms with Crippen LogP contribution in [0.3, 0.4) is 0 Å². The molecule has 0 radical (unpaired) electrons. The maximum absolute atomic E-state index is 5.31. The van der Waals surface area contributed by atoms with E-state index in [9.17, 15) is 0 Å². The number of allylic oxidation sites excluding steroid dienone is 9. The Balaban J connectivity index is 1.16. The molecule has 1 fully saturated rings. The molecule has 11 unspecified atom stereocenters. The minimum Gasteiger partial charge on any atom is -0.357 e. The van der Waals surface area contributed by atoms with Gasteiger partial charge in [-0.2, -0.15) is 0 Å². The zero-order valence-electron chi connectivity index (χ0n) is 22.0. The highest BCUT2D eigenvalue weighted by molar-refractivity contribution is 6.07. The van der Waals surface area contributed by atoms with Crippen molar-refractivity contribution in [2.24, 2.45) is 61.4 Å². The Hall–Kier alpha value is -4.04. The van der Waals surface area contributed by atoms with Crippen LogP contribution >= 0.6 is 0 Å². The van der Waals surface area contributed by atoms with Crippen LogP contribution in [0.1, 0.15) is 6.42 Å². The first kappa shape index (κ1) is 22.7. The van der Waals surface area contributed by atoms with Gasteiger partial charge in [-0.15, -0.1) is 0 Å². The van der Waals surface area contributed by atoms with Gasteiger partial charge >= 0.3 is 0 Å². The van der Waals surface area contributed by atoms with E-state index in [1.165, 1.54) is 5.57 Å². The Morgan fingerprint density at radius 3 is 2.10 bits per heavy atom. The van der Waals surface area contributed by atoms with Gasteiger partial charge in [-0.3, -0.25) is 5.32 Å². The van der Waals surface area contributed by atoms with Crippen molar-refractivity contribution in [1.82, 2.24) is 21.3 Å². The molecule has 0 aromatic carbocycles. The minimum absolute atomic E-state index is 0.0166. The third-order valence-corrected chi connectivity index (χ3v) is 9.70. The molecule has 40 heavy (non-hydrogen) atoms. The van der Waals surface area contributed by atoms with Crippen molar-refractivity contribution >= 4 is 23.3 Å². The Kier molecular flexibility index (Phi) is 4.96. The van der Waals surface area contributed by atoms with Crippen LogP contribution in [0.5, 0.6) is 0 Å². The summed E-state index contributed by atoms with van der Waals surface area (Å²) in [6.07, 6.45) is 33.6. The second-order valence-electron chi connectivity index (χ2n) is 11.9. The van der Waals surface area contributed by atoms with Crippen LogP contribution in [0.2, 0.25) is 0 Å². The zero-order valence-corrected chi connectivity index (χ0v) is 22.0. The van der Waals surface area contributed by atoms with Crippen molar-refractivity contribution in [3.8, 4) is 0 Å². The molecule has 4 aliphatic carbocycles. The fourth-order valence-electron chi connectivity index (χ4n) is 7.70. The molecule has 9 aliphatic rings. The van der Waals surface area contributed by atoms with E-state index in [-0.39, 0.29) is 66.1 Å². The number of hydrogen-bond acceptors (Lipinski definition) is 8. The Morgan fingerprint density at radius 2 is 1.27 bits per heavy atom.